The number of rotatable bonds is 4. The van der Waals surface area contributed by atoms with E-state index in [0.717, 1.165) is 30.2 Å². The van der Waals surface area contributed by atoms with Crippen LogP contribution in [0.4, 0.5) is 45.8 Å². The minimum Gasteiger partial charge on any atom is -0.317 e. The van der Waals surface area contributed by atoms with Crippen LogP contribution < -0.4 is 19.6 Å². The van der Waals surface area contributed by atoms with Gasteiger partial charge in [-0.05, 0) is 90.6 Å². The summed E-state index contributed by atoms with van der Waals surface area (Å²) in [6.45, 7) is 7.01. The molecule has 0 radical (unpaired) electrons. The normalized spacial score (nSPS) is 24.8. The fourth-order valence-electron chi connectivity index (χ4n) is 10.2. The number of benzene rings is 5. The van der Waals surface area contributed by atoms with Crippen LogP contribution in [0.3, 0.4) is 0 Å². The summed E-state index contributed by atoms with van der Waals surface area (Å²) in [5.41, 5.74) is 11.4. The van der Waals surface area contributed by atoms with Gasteiger partial charge in [0.2, 0.25) is 0 Å². The molecule has 12 rings (SSSR count). The Balaban J connectivity index is 1.32. The van der Waals surface area contributed by atoms with Gasteiger partial charge in [0.25, 0.3) is 0 Å². The topological polar surface area (TPSA) is 38.7 Å². The smallest absolute Gasteiger partial charge is 0.178 e. The minimum atomic E-state index is -0.520. The molecular formula is C43H34N6. The van der Waals surface area contributed by atoms with Crippen molar-refractivity contribution in [3.63, 3.8) is 0 Å². The number of hydrogen-bond donors (Lipinski definition) is 0. The Bertz CT molecular complexity index is 2340. The van der Waals surface area contributed by atoms with Gasteiger partial charge < -0.3 is 19.6 Å². The molecule has 49 heavy (non-hydrogen) atoms. The third-order valence-corrected chi connectivity index (χ3v) is 12.0. The van der Waals surface area contributed by atoms with Crippen molar-refractivity contribution in [1.82, 2.24) is 9.97 Å². The summed E-state index contributed by atoms with van der Waals surface area (Å²) in [5, 5.41) is 0. The predicted molar refractivity (Wildman–Crippen MR) is 197 cm³/mol. The lowest BCUT2D eigenvalue weighted by molar-refractivity contribution is 0.0784. The first-order chi connectivity index (χ1) is 24.1. The molecule has 0 fully saturated rings. The highest BCUT2D eigenvalue weighted by atomic mass is 15.5. The first-order valence-electron chi connectivity index (χ1n) is 17.2. The van der Waals surface area contributed by atoms with Crippen molar-refractivity contribution in [3.05, 3.63) is 169 Å². The van der Waals surface area contributed by atoms with Gasteiger partial charge in [-0.15, -0.1) is 6.58 Å². The SMILES string of the molecule is C=CC12Cc3ccc(c1c3)N1c3nccnc3N3c4ccc(cc4)CC2(C2N(c4ccccc4)c4ccccc4N2c2ccccc2C)[C@@H]31. The maximum atomic E-state index is 5.10. The van der Waals surface area contributed by atoms with Crippen LogP contribution in [0.15, 0.2) is 146 Å². The second kappa shape index (κ2) is 9.38. The van der Waals surface area contributed by atoms with Crippen molar-refractivity contribution in [2.45, 2.75) is 37.5 Å². The third-order valence-electron chi connectivity index (χ3n) is 12.0. The van der Waals surface area contributed by atoms with Gasteiger partial charge in [-0.1, -0.05) is 78.9 Å². The van der Waals surface area contributed by atoms with Crippen molar-refractivity contribution >= 4 is 45.8 Å². The zero-order valence-corrected chi connectivity index (χ0v) is 27.2. The zero-order chi connectivity index (χ0) is 32.5. The predicted octanol–water partition coefficient (Wildman–Crippen LogP) is 9.25. The Hall–Kier alpha value is -5.88. The van der Waals surface area contributed by atoms with E-state index in [1.165, 1.54) is 50.7 Å². The maximum absolute atomic E-state index is 5.10. The van der Waals surface area contributed by atoms with E-state index in [1.54, 1.807) is 0 Å². The summed E-state index contributed by atoms with van der Waals surface area (Å²) in [7, 11) is 0. The van der Waals surface area contributed by atoms with E-state index in [1.807, 2.05) is 12.4 Å². The monoisotopic (exact) mass is 634 g/mol. The summed E-state index contributed by atoms with van der Waals surface area (Å²) in [6, 6.07) is 45.1. The van der Waals surface area contributed by atoms with E-state index in [-0.39, 0.29) is 12.3 Å². The molecule has 236 valence electrons. The Morgan fingerprint density at radius 3 is 1.94 bits per heavy atom. The molecule has 6 heterocycles. The average Bonchev–Trinajstić information content (AvgIpc) is 3.78. The van der Waals surface area contributed by atoms with E-state index in [0.29, 0.717) is 0 Å². The molecule has 1 aliphatic carbocycles. The van der Waals surface area contributed by atoms with Crippen LogP contribution in [0, 0.1) is 12.3 Å². The van der Waals surface area contributed by atoms with Crippen LogP contribution in [0.25, 0.3) is 0 Å². The van der Waals surface area contributed by atoms with E-state index in [9.17, 15) is 0 Å². The fourth-order valence-corrected chi connectivity index (χ4v) is 10.2. The zero-order valence-electron chi connectivity index (χ0n) is 27.2. The van der Waals surface area contributed by atoms with Crippen LogP contribution in [-0.4, -0.2) is 22.3 Å². The standard InChI is InChI=1S/C43H34N6/c1-3-42-26-30-19-22-35(33(42)25-30)49-39-38(44-23-24-45-39)47-32-20-17-29(18-21-32)27-43(42,41(47)49)40-46(31-12-5-4-6-13-31)36-15-9-10-16-37(36)48(40)34-14-8-7-11-28(34)2/h3-25,40-41H,1,26-27H2,2H3/t40?,41-,42?,43?/m0/s1. The molecule has 6 nitrogen and oxygen atoms in total. The van der Waals surface area contributed by atoms with Crippen LogP contribution in [0.2, 0.25) is 0 Å². The van der Waals surface area contributed by atoms with Gasteiger partial charge in [0.1, 0.15) is 12.3 Å². The van der Waals surface area contributed by atoms with Gasteiger partial charge in [-0.25, -0.2) is 9.97 Å². The van der Waals surface area contributed by atoms with Crippen LogP contribution in [0.1, 0.15) is 22.3 Å². The van der Waals surface area contributed by atoms with E-state index < -0.39 is 10.8 Å². The van der Waals surface area contributed by atoms with Crippen molar-refractivity contribution in [1.29, 1.82) is 0 Å². The number of fused-ring (bicyclic) bond motifs is 7. The molecule has 6 aromatic rings. The fraction of sp³-hybridized carbons (Fsp3) is 0.163. The van der Waals surface area contributed by atoms with Gasteiger partial charge in [0.15, 0.2) is 11.6 Å². The summed E-state index contributed by atoms with van der Waals surface area (Å²) >= 11 is 0. The second-order valence-corrected chi connectivity index (χ2v) is 14.1. The molecule has 0 saturated carbocycles. The molecule has 5 aromatic carbocycles. The molecule has 0 spiro atoms. The number of anilines is 8. The molecule has 0 amide bonds. The molecule has 6 aliphatic rings. The Morgan fingerprint density at radius 1 is 0.592 bits per heavy atom. The van der Waals surface area contributed by atoms with Crippen LogP contribution >= 0.6 is 0 Å². The Labute approximate surface area is 286 Å². The lowest BCUT2D eigenvalue weighted by Crippen LogP contribution is -2.73. The molecule has 4 bridgehead atoms. The molecule has 0 N–H and O–H groups in total. The van der Waals surface area contributed by atoms with Gasteiger partial charge in [-0.3, -0.25) is 0 Å². The number of aryl methyl sites for hydroxylation is 1. The number of hydrogen-bond acceptors (Lipinski definition) is 6. The molecule has 5 aliphatic heterocycles. The van der Waals surface area contributed by atoms with E-state index in [2.05, 4.69) is 154 Å². The molecular weight excluding hydrogens is 601 g/mol. The van der Waals surface area contributed by atoms with Crippen molar-refractivity contribution in [3.8, 4) is 0 Å². The molecule has 0 saturated heterocycles. The van der Waals surface area contributed by atoms with Crippen LogP contribution in [-0.2, 0) is 18.3 Å². The quantitative estimate of drug-likeness (QED) is 0.180. The van der Waals surface area contributed by atoms with Crippen molar-refractivity contribution in [2.24, 2.45) is 5.41 Å². The second-order valence-electron chi connectivity index (χ2n) is 14.1. The number of nitrogens with zero attached hydrogens (tertiary/aromatic N) is 6. The minimum absolute atomic E-state index is 0.158. The van der Waals surface area contributed by atoms with Crippen molar-refractivity contribution in [2.75, 3.05) is 19.6 Å². The average molecular weight is 635 g/mol. The molecule has 3 unspecified atom stereocenters. The molecule has 4 atom stereocenters. The number of allylic oxidation sites excluding steroid dienone is 1. The third kappa shape index (κ3) is 3.18. The Morgan fingerprint density at radius 2 is 1.20 bits per heavy atom. The van der Waals surface area contributed by atoms with E-state index in [4.69, 9.17) is 16.5 Å². The molecule has 1 aromatic heterocycles. The number of para-hydroxylation sites is 4. The summed E-state index contributed by atoms with van der Waals surface area (Å²) < 4.78 is 0. The highest BCUT2D eigenvalue weighted by molar-refractivity contribution is 5.93. The number of aromatic nitrogens is 2. The van der Waals surface area contributed by atoms with Gasteiger partial charge in [0.05, 0.1) is 16.8 Å². The van der Waals surface area contributed by atoms with Crippen molar-refractivity contribution < 1.29 is 0 Å². The largest absolute Gasteiger partial charge is 0.317 e. The summed E-state index contributed by atoms with van der Waals surface area (Å²) in [6.07, 6.45) is 7.36. The van der Waals surface area contributed by atoms with Gasteiger partial charge >= 0.3 is 0 Å². The summed E-state index contributed by atoms with van der Waals surface area (Å²) in [5.74, 6) is 1.80. The van der Waals surface area contributed by atoms with Crippen LogP contribution in [0.5, 0.6) is 0 Å². The summed E-state index contributed by atoms with van der Waals surface area (Å²) in [4.78, 5) is 20.5. The first-order valence-corrected chi connectivity index (χ1v) is 17.2. The highest BCUT2D eigenvalue weighted by Crippen LogP contribution is 2.70. The lowest BCUT2D eigenvalue weighted by atomic mass is 9.51. The highest BCUT2D eigenvalue weighted by Gasteiger charge is 2.73. The first kappa shape index (κ1) is 27.1. The maximum Gasteiger partial charge on any atom is 0.178 e. The van der Waals surface area contributed by atoms with Gasteiger partial charge in [0, 0.05) is 40.6 Å². The Kier molecular flexibility index (Phi) is 5.19. The van der Waals surface area contributed by atoms with E-state index >= 15 is 0 Å². The molecule has 6 heteroatoms. The van der Waals surface area contributed by atoms with Gasteiger partial charge in [-0.2, -0.15) is 0 Å². The lowest BCUT2D eigenvalue weighted by Gasteiger charge is -2.64.